The van der Waals surface area contributed by atoms with E-state index in [1.54, 1.807) is 7.11 Å². The molecule has 0 aromatic heterocycles. The van der Waals surface area contributed by atoms with Gasteiger partial charge in [-0.05, 0) is 24.1 Å². The highest BCUT2D eigenvalue weighted by Gasteiger charge is 2.37. The van der Waals surface area contributed by atoms with E-state index in [9.17, 15) is 8.42 Å². The van der Waals surface area contributed by atoms with Crippen molar-refractivity contribution in [2.75, 3.05) is 14.2 Å². The van der Waals surface area contributed by atoms with Gasteiger partial charge in [0.15, 0.2) is 0 Å². The summed E-state index contributed by atoms with van der Waals surface area (Å²) < 4.78 is 33.0. The second kappa shape index (κ2) is 5.46. The van der Waals surface area contributed by atoms with Gasteiger partial charge in [0.1, 0.15) is 5.75 Å². The fourth-order valence-corrected chi connectivity index (χ4v) is 2.90. The van der Waals surface area contributed by atoms with Gasteiger partial charge in [-0.3, -0.25) is 0 Å². The maximum absolute atomic E-state index is 12.0. The van der Waals surface area contributed by atoms with Crippen LogP contribution >= 0.6 is 0 Å². The van der Waals surface area contributed by atoms with Gasteiger partial charge < -0.3 is 10.5 Å². The minimum atomic E-state index is -3.49. The average Bonchev–Trinajstić information content (AvgIpc) is 3.04. The van der Waals surface area contributed by atoms with Crippen molar-refractivity contribution in [3.8, 4) is 5.75 Å². The van der Waals surface area contributed by atoms with E-state index in [4.69, 9.17) is 10.5 Å². The Labute approximate surface area is 113 Å². The predicted molar refractivity (Wildman–Crippen MR) is 72.9 cm³/mol. The zero-order valence-corrected chi connectivity index (χ0v) is 11.9. The Bertz CT molecular complexity index is 547. The molecule has 0 bridgehead atoms. The smallest absolute Gasteiger partial charge is 0.279 e. The topological polar surface area (TPSA) is 84.7 Å². The Hall–Kier alpha value is -1.15. The zero-order chi connectivity index (χ0) is 14.0. The summed E-state index contributed by atoms with van der Waals surface area (Å²) in [6, 6.07) is 7.14. The van der Waals surface area contributed by atoms with Crippen LogP contribution in [0.3, 0.4) is 0 Å². The van der Waals surface area contributed by atoms with Crippen LogP contribution in [-0.2, 0) is 16.8 Å². The lowest BCUT2D eigenvalue weighted by Crippen LogP contribution is -2.40. The maximum Gasteiger partial charge on any atom is 0.279 e. The lowest BCUT2D eigenvalue weighted by molar-refractivity contribution is 0.412. The zero-order valence-electron chi connectivity index (χ0n) is 11.0. The largest absolute Gasteiger partial charge is 0.497 e. The number of methoxy groups -OCH3 is 1. The normalized spacial score (nSPS) is 22.5. The number of hydrogen-bond donors (Lipinski definition) is 2. The Morgan fingerprint density at radius 1 is 1.53 bits per heavy atom. The van der Waals surface area contributed by atoms with E-state index < -0.39 is 10.2 Å². The third kappa shape index (κ3) is 3.66. The van der Waals surface area contributed by atoms with Gasteiger partial charge in [-0.1, -0.05) is 12.1 Å². The molecule has 6 nitrogen and oxygen atoms in total. The van der Waals surface area contributed by atoms with Crippen LogP contribution in [0.1, 0.15) is 12.0 Å². The van der Waals surface area contributed by atoms with E-state index in [1.165, 1.54) is 11.4 Å². The molecule has 106 valence electrons. The molecule has 2 unspecified atom stereocenters. The SMILES string of the molecule is COc1cccc(CN(C)S(=O)(=O)NC2CC2N)c1. The molecule has 1 saturated carbocycles. The summed E-state index contributed by atoms with van der Waals surface area (Å²) in [7, 11) is -0.369. The Balaban J connectivity index is 2.01. The lowest BCUT2D eigenvalue weighted by Gasteiger charge is -2.18. The van der Waals surface area contributed by atoms with E-state index in [-0.39, 0.29) is 18.6 Å². The van der Waals surface area contributed by atoms with Gasteiger partial charge in [0.25, 0.3) is 10.2 Å². The number of rotatable bonds is 6. The molecule has 1 aromatic carbocycles. The molecule has 3 N–H and O–H groups in total. The van der Waals surface area contributed by atoms with E-state index in [1.807, 2.05) is 24.3 Å². The molecule has 0 saturated heterocycles. The van der Waals surface area contributed by atoms with E-state index in [0.29, 0.717) is 12.2 Å². The molecule has 1 fully saturated rings. The first-order chi connectivity index (χ1) is 8.92. The number of nitrogens with two attached hydrogens (primary N) is 1. The molecular formula is C12H19N3O3S. The van der Waals surface area contributed by atoms with Crippen LogP contribution in [0.15, 0.2) is 24.3 Å². The predicted octanol–water partition coefficient (Wildman–Crippen LogP) is 0.0610. The number of benzene rings is 1. The summed E-state index contributed by atoms with van der Waals surface area (Å²) in [5.41, 5.74) is 6.47. The van der Waals surface area contributed by atoms with Gasteiger partial charge >= 0.3 is 0 Å². The fraction of sp³-hybridized carbons (Fsp3) is 0.500. The van der Waals surface area contributed by atoms with E-state index in [2.05, 4.69) is 4.72 Å². The first-order valence-corrected chi connectivity index (χ1v) is 7.48. The van der Waals surface area contributed by atoms with Crippen LogP contribution in [-0.4, -0.2) is 39.0 Å². The second-order valence-electron chi connectivity index (χ2n) is 4.74. The highest BCUT2D eigenvalue weighted by Crippen LogP contribution is 2.20. The highest BCUT2D eigenvalue weighted by atomic mass is 32.2. The second-order valence-corrected chi connectivity index (χ2v) is 6.55. The minimum absolute atomic E-state index is 0.0556. The lowest BCUT2D eigenvalue weighted by atomic mass is 10.2. The summed E-state index contributed by atoms with van der Waals surface area (Å²) >= 11 is 0. The van der Waals surface area contributed by atoms with Gasteiger partial charge in [0.05, 0.1) is 7.11 Å². The molecule has 7 heteroatoms. The van der Waals surface area contributed by atoms with Gasteiger partial charge in [-0.25, -0.2) is 0 Å². The van der Waals surface area contributed by atoms with Gasteiger partial charge in [-0.2, -0.15) is 17.4 Å². The summed E-state index contributed by atoms with van der Waals surface area (Å²) in [5.74, 6) is 0.709. The first kappa shape index (κ1) is 14.3. The number of ether oxygens (including phenoxy) is 1. The molecule has 1 aliphatic carbocycles. The Morgan fingerprint density at radius 3 is 2.79 bits per heavy atom. The molecule has 1 aliphatic rings. The van der Waals surface area contributed by atoms with Crippen LogP contribution in [0.2, 0.25) is 0 Å². The summed E-state index contributed by atoms with van der Waals surface area (Å²) in [5, 5.41) is 0. The van der Waals surface area contributed by atoms with E-state index >= 15 is 0 Å². The summed E-state index contributed by atoms with van der Waals surface area (Å²) in [6.45, 7) is 0.286. The first-order valence-electron chi connectivity index (χ1n) is 6.04. The number of nitrogens with one attached hydrogen (secondary N) is 1. The molecule has 0 heterocycles. The van der Waals surface area contributed by atoms with Crippen molar-refractivity contribution >= 4 is 10.2 Å². The van der Waals surface area contributed by atoms with Crippen LogP contribution in [0.25, 0.3) is 0 Å². The van der Waals surface area contributed by atoms with Crippen molar-refractivity contribution in [1.82, 2.24) is 9.03 Å². The molecular weight excluding hydrogens is 266 g/mol. The maximum atomic E-state index is 12.0. The van der Waals surface area contributed by atoms with E-state index in [0.717, 1.165) is 5.56 Å². The third-order valence-corrected chi connectivity index (χ3v) is 4.64. The highest BCUT2D eigenvalue weighted by molar-refractivity contribution is 7.87. The quantitative estimate of drug-likeness (QED) is 0.774. The van der Waals surface area contributed by atoms with Gasteiger partial charge in [-0.15, -0.1) is 0 Å². The molecule has 1 aromatic rings. The average molecular weight is 285 g/mol. The summed E-state index contributed by atoms with van der Waals surface area (Å²) in [4.78, 5) is 0. The standard InChI is InChI=1S/C12H19N3O3S/c1-15(19(16,17)14-12-7-11(12)13)8-9-4-3-5-10(6-9)18-2/h3-6,11-12,14H,7-8,13H2,1-2H3. The van der Waals surface area contributed by atoms with Crippen molar-refractivity contribution < 1.29 is 13.2 Å². The van der Waals surface area contributed by atoms with Crippen LogP contribution in [0.4, 0.5) is 0 Å². The third-order valence-electron chi connectivity index (χ3n) is 3.09. The molecule has 2 atom stereocenters. The van der Waals surface area contributed by atoms with Crippen molar-refractivity contribution in [3.05, 3.63) is 29.8 Å². The fourth-order valence-electron chi connectivity index (χ4n) is 1.74. The van der Waals surface area contributed by atoms with Gasteiger partial charge in [0, 0.05) is 25.7 Å². The molecule has 0 amide bonds. The molecule has 0 spiro atoms. The Morgan fingerprint density at radius 2 is 2.21 bits per heavy atom. The monoisotopic (exact) mass is 285 g/mol. The van der Waals surface area contributed by atoms with Crippen molar-refractivity contribution in [3.63, 3.8) is 0 Å². The van der Waals surface area contributed by atoms with Crippen molar-refractivity contribution in [2.24, 2.45) is 5.73 Å². The van der Waals surface area contributed by atoms with Crippen LogP contribution in [0, 0.1) is 0 Å². The van der Waals surface area contributed by atoms with Crippen molar-refractivity contribution in [2.45, 2.75) is 25.0 Å². The van der Waals surface area contributed by atoms with Crippen molar-refractivity contribution in [1.29, 1.82) is 0 Å². The van der Waals surface area contributed by atoms with Gasteiger partial charge in [0.2, 0.25) is 0 Å². The number of hydrogen-bond acceptors (Lipinski definition) is 4. The van der Waals surface area contributed by atoms with Crippen LogP contribution in [0.5, 0.6) is 5.75 Å². The molecule has 2 rings (SSSR count). The Kier molecular flexibility index (Phi) is 4.10. The number of nitrogens with zero attached hydrogens (tertiary/aromatic N) is 1. The molecule has 0 aliphatic heterocycles. The minimum Gasteiger partial charge on any atom is -0.497 e. The van der Waals surface area contributed by atoms with Crippen LogP contribution < -0.4 is 15.2 Å². The molecule has 19 heavy (non-hydrogen) atoms. The summed E-state index contributed by atoms with van der Waals surface area (Å²) in [6.07, 6.45) is 0.701. The molecule has 0 radical (unpaired) electrons.